The molecule has 0 spiro atoms. The second kappa shape index (κ2) is 11.3. The Morgan fingerprint density at radius 3 is 2.46 bits per heavy atom. The molecule has 2 N–H and O–H groups in total. The molecule has 6 nitrogen and oxygen atoms in total. The Morgan fingerprint density at radius 2 is 1.82 bits per heavy atom. The van der Waals surface area contributed by atoms with Crippen LogP contribution in [-0.2, 0) is 16.1 Å². The molecule has 0 aliphatic heterocycles. The summed E-state index contributed by atoms with van der Waals surface area (Å²) >= 11 is 5.93. The summed E-state index contributed by atoms with van der Waals surface area (Å²) in [5, 5.41) is 12.2. The molecule has 0 aliphatic rings. The predicted molar refractivity (Wildman–Crippen MR) is 108 cm³/mol. The van der Waals surface area contributed by atoms with Crippen LogP contribution in [0, 0.1) is 0 Å². The summed E-state index contributed by atoms with van der Waals surface area (Å²) in [6.45, 7) is 2.09. The first-order valence-electron chi connectivity index (χ1n) is 9.11. The molecule has 0 bridgehead atoms. The molecule has 1 atom stereocenters. The fourth-order valence-corrected chi connectivity index (χ4v) is 2.68. The Kier molecular flexibility index (Phi) is 8.78. The third kappa shape index (κ3) is 6.87. The van der Waals surface area contributed by atoms with E-state index in [9.17, 15) is 9.59 Å². The molecule has 0 radical (unpaired) electrons. The van der Waals surface area contributed by atoms with Crippen LogP contribution < -0.4 is 10.1 Å². The van der Waals surface area contributed by atoms with Gasteiger partial charge in [-0.15, -0.1) is 0 Å². The first kappa shape index (κ1) is 21.7. The lowest BCUT2D eigenvalue weighted by Crippen LogP contribution is -2.49. The minimum Gasteiger partial charge on any atom is -0.484 e. The normalized spacial score (nSPS) is 11.5. The number of aliphatic hydroxyl groups is 1. The first-order valence-corrected chi connectivity index (χ1v) is 9.49. The standard InChI is InChI=1S/C21H25ClN2O4/c1-16(21(27)23-12-5-13-25)24(14-17-8-10-18(22)11-9-17)20(26)15-28-19-6-3-2-4-7-19/h2-4,6-11,16,25H,5,12-15H2,1H3,(H,23,27)/t16-/m0/s1. The first-order chi connectivity index (χ1) is 13.5. The van der Waals surface area contributed by atoms with Crippen LogP contribution in [0.4, 0.5) is 0 Å². The lowest BCUT2D eigenvalue weighted by atomic mass is 10.1. The molecule has 0 unspecified atom stereocenters. The summed E-state index contributed by atoms with van der Waals surface area (Å²) in [5.41, 5.74) is 0.854. The van der Waals surface area contributed by atoms with E-state index in [1.54, 1.807) is 31.2 Å². The Morgan fingerprint density at radius 1 is 1.14 bits per heavy atom. The lowest BCUT2D eigenvalue weighted by Gasteiger charge is -2.28. The molecule has 7 heteroatoms. The minimum absolute atomic E-state index is 0.00695. The topological polar surface area (TPSA) is 78.9 Å². The number of benzene rings is 2. The number of hydrogen-bond acceptors (Lipinski definition) is 4. The number of carbonyl (C=O) groups excluding carboxylic acids is 2. The fourth-order valence-electron chi connectivity index (χ4n) is 2.55. The van der Waals surface area contributed by atoms with Crippen molar-refractivity contribution in [3.63, 3.8) is 0 Å². The molecule has 2 aromatic carbocycles. The highest BCUT2D eigenvalue weighted by Crippen LogP contribution is 2.15. The fraction of sp³-hybridized carbons (Fsp3) is 0.333. The number of nitrogens with one attached hydrogen (secondary N) is 1. The third-order valence-electron chi connectivity index (χ3n) is 4.17. The maximum atomic E-state index is 12.8. The van der Waals surface area contributed by atoms with Gasteiger partial charge in [0.15, 0.2) is 6.61 Å². The molecule has 2 amide bonds. The second-order valence-corrected chi connectivity index (χ2v) is 6.73. The molecule has 0 fully saturated rings. The average Bonchev–Trinajstić information content (AvgIpc) is 2.72. The SMILES string of the molecule is C[C@@H](C(=O)NCCCO)N(Cc1ccc(Cl)cc1)C(=O)COc1ccccc1. The maximum Gasteiger partial charge on any atom is 0.261 e. The molecule has 0 heterocycles. The highest BCUT2D eigenvalue weighted by atomic mass is 35.5. The number of rotatable bonds is 10. The molecule has 0 aliphatic carbocycles. The van der Waals surface area contributed by atoms with Gasteiger partial charge >= 0.3 is 0 Å². The van der Waals surface area contributed by atoms with Crippen molar-refractivity contribution >= 4 is 23.4 Å². The van der Waals surface area contributed by atoms with Crippen LogP contribution in [0.3, 0.4) is 0 Å². The van der Waals surface area contributed by atoms with Gasteiger partial charge in [-0.2, -0.15) is 0 Å². The summed E-state index contributed by atoms with van der Waals surface area (Å²) < 4.78 is 5.56. The Balaban J connectivity index is 2.08. The molecule has 2 rings (SSSR count). The summed E-state index contributed by atoms with van der Waals surface area (Å²) in [4.78, 5) is 26.7. The van der Waals surface area contributed by atoms with Crippen LogP contribution in [0.25, 0.3) is 0 Å². The molecule has 2 aromatic rings. The number of nitrogens with zero attached hydrogens (tertiary/aromatic N) is 1. The maximum absolute atomic E-state index is 12.8. The number of carbonyl (C=O) groups is 2. The van der Waals surface area contributed by atoms with Gasteiger partial charge in [-0.3, -0.25) is 9.59 Å². The van der Waals surface area contributed by atoms with Crippen LogP contribution in [-0.4, -0.2) is 47.6 Å². The van der Waals surface area contributed by atoms with E-state index in [2.05, 4.69) is 5.32 Å². The molecule has 0 saturated carbocycles. The van der Waals surface area contributed by atoms with Crippen LogP contribution in [0.15, 0.2) is 54.6 Å². The van der Waals surface area contributed by atoms with Gasteiger partial charge in [0.2, 0.25) is 5.91 Å². The van der Waals surface area contributed by atoms with Crippen molar-refractivity contribution in [1.29, 1.82) is 0 Å². The van der Waals surface area contributed by atoms with E-state index in [-0.39, 0.29) is 31.6 Å². The van der Waals surface area contributed by atoms with E-state index in [0.29, 0.717) is 23.7 Å². The van der Waals surface area contributed by atoms with E-state index in [1.807, 2.05) is 30.3 Å². The molecule has 0 saturated heterocycles. The van der Waals surface area contributed by atoms with Gasteiger partial charge in [-0.1, -0.05) is 41.9 Å². The predicted octanol–water partition coefficient (Wildman–Crippen LogP) is 2.63. The van der Waals surface area contributed by atoms with Gasteiger partial charge in [-0.05, 0) is 43.2 Å². The van der Waals surface area contributed by atoms with Crippen molar-refractivity contribution < 1.29 is 19.4 Å². The zero-order valence-corrected chi connectivity index (χ0v) is 16.6. The second-order valence-electron chi connectivity index (χ2n) is 6.29. The molecular weight excluding hydrogens is 380 g/mol. The molecule has 28 heavy (non-hydrogen) atoms. The van der Waals surface area contributed by atoms with E-state index < -0.39 is 6.04 Å². The minimum atomic E-state index is -0.693. The monoisotopic (exact) mass is 404 g/mol. The number of amides is 2. The van der Waals surface area contributed by atoms with E-state index in [0.717, 1.165) is 5.56 Å². The van der Waals surface area contributed by atoms with Crippen molar-refractivity contribution in [1.82, 2.24) is 10.2 Å². The average molecular weight is 405 g/mol. The zero-order chi connectivity index (χ0) is 20.4. The zero-order valence-electron chi connectivity index (χ0n) is 15.8. The van der Waals surface area contributed by atoms with Crippen molar-refractivity contribution in [2.24, 2.45) is 0 Å². The Bertz CT molecular complexity index is 753. The number of halogens is 1. The van der Waals surface area contributed by atoms with Crippen molar-refractivity contribution in [3.8, 4) is 5.75 Å². The van der Waals surface area contributed by atoms with Crippen LogP contribution in [0.1, 0.15) is 18.9 Å². The van der Waals surface area contributed by atoms with Crippen LogP contribution in [0.2, 0.25) is 5.02 Å². The van der Waals surface area contributed by atoms with Crippen LogP contribution >= 0.6 is 11.6 Å². The Hall–Kier alpha value is -2.57. The Labute approximate surface area is 170 Å². The number of para-hydroxylation sites is 1. The highest BCUT2D eigenvalue weighted by Gasteiger charge is 2.26. The number of aliphatic hydroxyl groups excluding tert-OH is 1. The largest absolute Gasteiger partial charge is 0.484 e. The van der Waals surface area contributed by atoms with Gasteiger partial charge < -0.3 is 20.1 Å². The van der Waals surface area contributed by atoms with Gasteiger partial charge in [0.1, 0.15) is 11.8 Å². The molecular formula is C21H25ClN2O4. The van der Waals surface area contributed by atoms with Gasteiger partial charge in [0.05, 0.1) is 0 Å². The number of ether oxygens (including phenoxy) is 1. The van der Waals surface area contributed by atoms with E-state index in [4.69, 9.17) is 21.4 Å². The van der Waals surface area contributed by atoms with Crippen molar-refractivity contribution in [2.45, 2.75) is 25.9 Å². The van der Waals surface area contributed by atoms with Crippen molar-refractivity contribution in [2.75, 3.05) is 19.8 Å². The summed E-state index contributed by atoms with van der Waals surface area (Å²) in [6.07, 6.45) is 0.459. The quantitative estimate of drug-likeness (QED) is 0.597. The number of hydrogen-bond donors (Lipinski definition) is 2. The summed E-state index contributed by atoms with van der Waals surface area (Å²) in [7, 11) is 0. The van der Waals surface area contributed by atoms with Gasteiger partial charge in [-0.25, -0.2) is 0 Å². The van der Waals surface area contributed by atoms with E-state index >= 15 is 0 Å². The lowest BCUT2D eigenvalue weighted by molar-refractivity contribution is -0.142. The van der Waals surface area contributed by atoms with E-state index in [1.165, 1.54) is 4.90 Å². The summed E-state index contributed by atoms with van der Waals surface area (Å²) in [5.74, 6) is 0.00132. The van der Waals surface area contributed by atoms with Crippen molar-refractivity contribution in [3.05, 3.63) is 65.2 Å². The molecule has 150 valence electrons. The highest BCUT2D eigenvalue weighted by molar-refractivity contribution is 6.30. The third-order valence-corrected chi connectivity index (χ3v) is 4.43. The van der Waals surface area contributed by atoms with Gasteiger partial charge in [0.25, 0.3) is 5.91 Å². The van der Waals surface area contributed by atoms with Crippen LogP contribution in [0.5, 0.6) is 5.75 Å². The van der Waals surface area contributed by atoms with Gasteiger partial charge in [0, 0.05) is 24.7 Å². The summed E-state index contributed by atoms with van der Waals surface area (Å²) in [6, 6.07) is 15.5. The molecule has 0 aromatic heterocycles. The smallest absolute Gasteiger partial charge is 0.261 e.